The van der Waals surface area contributed by atoms with Gasteiger partial charge in [0.25, 0.3) is 0 Å². The number of urea groups is 1. The third kappa shape index (κ3) is 5.94. The number of nitriles is 1. The van der Waals surface area contributed by atoms with Crippen LogP contribution in [0.5, 0.6) is 0 Å². The number of rotatable bonds is 7. The Balaban J connectivity index is 1.81. The Morgan fingerprint density at radius 1 is 1.12 bits per heavy atom. The van der Waals surface area contributed by atoms with Crippen molar-refractivity contribution in [3.05, 3.63) is 65.7 Å². The number of hydrogen-bond donors (Lipinski definition) is 1. The first-order valence-electron chi connectivity index (χ1n) is 8.21. The lowest BCUT2D eigenvalue weighted by atomic mass is 10.2. The Morgan fingerprint density at radius 3 is 2.32 bits per heavy atom. The van der Waals surface area contributed by atoms with Gasteiger partial charge in [-0.15, -0.1) is 0 Å². The van der Waals surface area contributed by atoms with Crippen molar-refractivity contribution in [2.75, 3.05) is 12.4 Å². The number of carbonyl (C=O) groups is 1. The molecular weight excluding hydrogens is 314 g/mol. The van der Waals surface area contributed by atoms with Gasteiger partial charge in [0.1, 0.15) is 0 Å². The Hall–Kier alpha value is -2.84. The molecule has 0 fully saturated rings. The molecule has 25 heavy (non-hydrogen) atoms. The lowest BCUT2D eigenvalue weighted by Crippen LogP contribution is -2.38. The minimum atomic E-state index is -0.226. The van der Waals surface area contributed by atoms with Crippen molar-refractivity contribution in [2.45, 2.75) is 32.6 Å². The first kappa shape index (κ1) is 18.5. The maximum atomic E-state index is 12.1. The molecule has 0 aliphatic rings. The number of carbonyl (C=O) groups excluding carboxylic acids is 1. The predicted octanol–water partition coefficient (Wildman–Crippen LogP) is 4.17. The second-order valence-electron chi connectivity index (χ2n) is 5.93. The van der Waals surface area contributed by atoms with Crippen LogP contribution >= 0.6 is 0 Å². The number of nitrogens with zero attached hydrogens (tertiary/aromatic N) is 2. The molecule has 0 aromatic heterocycles. The van der Waals surface area contributed by atoms with Crippen LogP contribution in [0.3, 0.4) is 0 Å². The van der Waals surface area contributed by atoms with Gasteiger partial charge in [-0.1, -0.05) is 42.5 Å². The van der Waals surface area contributed by atoms with Crippen molar-refractivity contribution < 1.29 is 9.53 Å². The summed E-state index contributed by atoms with van der Waals surface area (Å²) < 4.78 is 5.70. The summed E-state index contributed by atoms with van der Waals surface area (Å²) in [4.78, 5) is 13.7. The van der Waals surface area contributed by atoms with E-state index < -0.39 is 0 Å². The summed E-state index contributed by atoms with van der Waals surface area (Å²) in [5.74, 6) is 0. The summed E-state index contributed by atoms with van der Waals surface area (Å²) in [7, 11) is 1.68. The molecule has 2 amide bonds. The van der Waals surface area contributed by atoms with E-state index in [-0.39, 0.29) is 12.1 Å². The van der Waals surface area contributed by atoms with E-state index in [4.69, 9.17) is 10.00 Å². The zero-order valence-electron chi connectivity index (χ0n) is 14.6. The zero-order chi connectivity index (χ0) is 18.1. The van der Waals surface area contributed by atoms with Crippen molar-refractivity contribution in [3.63, 3.8) is 0 Å². The Kier molecular flexibility index (Phi) is 7.00. The molecule has 2 rings (SSSR count). The molecule has 1 unspecified atom stereocenters. The summed E-state index contributed by atoms with van der Waals surface area (Å²) in [6.07, 6.45) is 0.307. The molecule has 5 nitrogen and oxygen atoms in total. The van der Waals surface area contributed by atoms with Gasteiger partial charge in [-0.05, 0) is 30.2 Å². The third-order valence-corrected chi connectivity index (χ3v) is 3.95. The monoisotopic (exact) mass is 337 g/mol. The SMILES string of the molecule is CC(CC#N)N(C)C(=O)Nc1ccc(COCc2ccccc2)cc1. The second kappa shape index (κ2) is 9.45. The maximum absolute atomic E-state index is 12.1. The molecule has 0 aliphatic carbocycles. The summed E-state index contributed by atoms with van der Waals surface area (Å²) in [5.41, 5.74) is 2.90. The summed E-state index contributed by atoms with van der Waals surface area (Å²) in [5, 5.41) is 11.5. The molecule has 0 spiro atoms. The van der Waals surface area contributed by atoms with Crippen molar-refractivity contribution in [2.24, 2.45) is 0 Å². The number of nitrogens with one attached hydrogen (secondary N) is 1. The fourth-order valence-electron chi connectivity index (χ4n) is 2.23. The molecule has 1 atom stereocenters. The van der Waals surface area contributed by atoms with Crippen LogP contribution < -0.4 is 5.32 Å². The number of amides is 2. The molecule has 0 aliphatic heterocycles. The summed E-state index contributed by atoms with van der Waals surface area (Å²) >= 11 is 0. The van der Waals surface area contributed by atoms with Crippen LogP contribution in [0.4, 0.5) is 10.5 Å². The lowest BCUT2D eigenvalue weighted by Gasteiger charge is -2.23. The Bertz CT molecular complexity index is 708. The molecule has 0 saturated carbocycles. The molecule has 0 heterocycles. The van der Waals surface area contributed by atoms with Crippen LogP contribution in [0.25, 0.3) is 0 Å². The highest BCUT2D eigenvalue weighted by Gasteiger charge is 2.15. The molecule has 2 aromatic rings. The van der Waals surface area contributed by atoms with E-state index in [1.54, 1.807) is 7.05 Å². The van der Waals surface area contributed by atoms with Gasteiger partial charge in [0.05, 0.1) is 25.7 Å². The standard InChI is InChI=1S/C20H23N3O2/c1-16(12-13-21)23(2)20(24)22-19-10-8-18(9-11-19)15-25-14-17-6-4-3-5-7-17/h3-11,16H,12,14-15H2,1-2H3,(H,22,24). The normalized spacial score (nSPS) is 11.4. The van der Waals surface area contributed by atoms with Gasteiger partial charge in [-0.3, -0.25) is 0 Å². The molecular formula is C20H23N3O2. The first-order chi connectivity index (χ1) is 12.1. The van der Waals surface area contributed by atoms with Crippen LogP contribution in [0.2, 0.25) is 0 Å². The predicted molar refractivity (Wildman–Crippen MR) is 97.9 cm³/mol. The fraction of sp³-hybridized carbons (Fsp3) is 0.300. The topological polar surface area (TPSA) is 65.4 Å². The minimum absolute atomic E-state index is 0.129. The highest BCUT2D eigenvalue weighted by Crippen LogP contribution is 2.13. The summed E-state index contributed by atoms with van der Waals surface area (Å²) in [6, 6.07) is 19.3. The van der Waals surface area contributed by atoms with E-state index in [0.717, 1.165) is 11.1 Å². The van der Waals surface area contributed by atoms with Crippen LogP contribution in [-0.4, -0.2) is 24.0 Å². The van der Waals surface area contributed by atoms with E-state index in [0.29, 0.717) is 25.3 Å². The largest absolute Gasteiger partial charge is 0.372 e. The molecule has 2 aromatic carbocycles. The van der Waals surface area contributed by atoms with Crippen LogP contribution in [0.15, 0.2) is 54.6 Å². The third-order valence-electron chi connectivity index (χ3n) is 3.95. The van der Waals surface area contributed by atoms with E-state index >= 15 is 0 Å². The number of benzene rings is 2. The number of anilines is 1. The van der Waals surface area contributed by atoms with Crippen molar-refractivity contribution in [3.8, 4) is 6.07 Å². The molecule has 0 bridgehead atoms. The number of ether oxygens (including phenoxy) is 1. The lowest BCUT2D eigenvalue weighted by molar-refractivity contribution is 0.107. The van der Waals surface area contributed by atoms with Gasteiger partial charge < -0.3 is 15.0 Å². The van der Waals surface area contributed by atoms with Gasteiger partial charge in [0.2, 0.25) is 0 Å². The van der Waals surface area contributed by atoms with Crippen LogP contribution in [0.1, 0.15) is 24.5 Å². The molecule has 0 saturated heterocycles. The van der Waals surface area contributed by atoms with Gasteiger partial charge in [0, 0.05) is 18.8 Å². The van der Waals surface area contributed by atoms with E-state index in [1.807, 2.05) is 61.5 Å². The quantitative estimate of drug-likeness (QED) is 0.824. The molecule has 130 valence electrons. The maximum Gasteiger partial charge on any atom is 0.321 e. The van der Waals surface area contributed by atoms with Crippen molar-refractivity contribution >= 4 is 11.7 Å². The van der Waals surface area contributed by atoms with Crippen molar-refractivity contribution in [1.29, 1.82) is 5.26 Å². The molecule has 0 radical (unpaired) electrons. The van der Waals surface area contributed by atoms with Gasteiger partial charge in [0.15, 0.2) is 0 Å². The zero-order valence-corrected chi connectivity index (χ0v) is 14.6. The van der Waals surface area contributed by atoms with E-state index in [9.17, 15) is 4.79 Å². The highest BCUT2D eigenvalue weighted by atomic mass is 16.5. The van der Waals surface area contributed by atoms with Gasteiger partial charge in [-0.25, -0.2) is 4.79 Å². The molecule has 1 N–H and O–H groups in total. The average Bonchev–Trinajstić information content (AvgIpc) is 2.63. The molecule has 5 heteroatoms. The van der Waals surface area contributed by atoms with Crippen LogP contribution in [-0.2, 0) is 18.0 Å². The van der Waals surface area contributed by atoms with Crippen molar-refractivity contribution in [1.82, 2.24) is 4.90 Å². The Morgan fingerprint density at radius 2 is 1.72 bits per heavy atom. The fourth-order valence-corrected chi connectivity index (χ4v) is 2.23. The second-order valence-corrected chi connectivity index (χ2v) is 5.93. The van der Waals surface area contributed by atoms with Gasteiger partial charge >= 0.3 is 6.03 Å². The van der Waals surface area contributed by atoms with Gasteiger partial charge in [-0.2, -0.15) is 5.26 Å². The highest BCUT2D eigenvalue weighted by molar-refractivity contribution is 5.89. The smallest absolute Gasteiger partial charge is 0.321 e. The van der Waals surface area contributed by atoms with E-state index in [1.165, 1.54) is 4.90 Å². The first-order valence-corrected chi connectivity index (χ1v) is 8.21. The number of hydrogen-bond acceptors (Lipinski definition) is 3. The average molecular weight is 337 g/mol. The summed E-state index contributed by atoms with van der Waals surface area (Å²) in [6.45, 7) is 2.93. The van der Waals surface area contributed by atoms with E-state index in [2.05, 4.69) is 11.4 Å². The minimum Gasteiger partial charge on any atom is -0.372 e. The Labute approximate surface area is 148 Å². The van der Waals surface area contributed by atoms with Crippen LogP contribution in [0, 0.1) is 11.3 Å².